The number of aliphatic hydroxyl groups is 1. The van der Waals surface area contributed by atoms with E-state index < -0.39 is 0 Å². The summed E-state index contributed by atoms with van der Waals surface area (Å²) in [6.07, 6.45) is 51.2. The maximum absolute atomic E-state index is 13.5. The van der Waals surface area contributed by atoms with Crippen molar-refractivity contribution in [3.8, 4) is 0 Å². The summed E-state index contributed by atoms with van der Waals surface area (Å²) < 4.78 is 13.5. The molecule has 20 saturated carbocycles. The molecule has 6 aromatic carbocycles. The van der Waals surface area contributed by atoms with E-state index >= 15 is 0 Å². The predicted octanol–water partition coefficient (Wildman–Crippen LogP) is 19.2. The Bertz CT molecular complexity index is 5640. The number of fused-ring (bicyclic) bond motifs is 2. The molecule has 7 heterocycles. The Kier molecular flexibility index (Phi) is 28.1. The first-order valence-electron chi connectivity index (χ1n) is 58.5. The monoisotopic (exact) mass is 1980 g/mol. The van der Waals surface area contributed by atoms with Crippen molar-refractivity contribution in [3.63, 3.8) is 0 Å². The summed E-state index contributed by atoms with van der Waals surface area (Å²) in [7, 11) is 0. The molecule has 11 unspecified atom stereocenters. The minimum absolute atomic E-state index is 0.00626. The topological polar surface area (TPSA) is 198 Å². The van der Waals surface area contributed by atoms with Gasteiger partial charge in [0.05, 0.1) is 38.8 Å². The second-order valence-electron chi connectivity index (χ2n) is 53.2. The van der Waals surface area contributed by atoms with Crippen LogP contribution in [0.25, 0.3) is 0 Å². The van der Waals surface area contributed by atoms with E-state index in [1.165, 1.54) is 231 Å². The number of aromatic nitrogens is 1. The van der Waals surface area contributed by atoms with Crippen molar-refractivity contribution in [3.05, 3.63) is 245 Å². The van der Waals surface area contributed by atoms with E-state index in [0.717, 1.165) is 203 Å². The van der Waals surface area contributed by atoms with E-state index in [9.17, 15) is 33.5 Å². The molecular formula is C127H167FN12O6. The number of aliphatic hydroxyl groups excluding tert-OH is 1. The molecule has 20 aliphatic carbocycles. The highest BCUT2D eigenvalue weighted by Gasteiger charge is 2.65. The van der Waals surface area contributed by atoms with Crippen LogP contribution in [0.5, 0.6) is 0 Å². The van der Waals surface area contributed by atoms with Crippen LogP contribution in [-0.4, -0.2) is 214 Å². The Morgan fingerprint density at radius 2 is 0.637 bits per heavy atom. The Morgan fingerprint density at radius 1 is 0.308 bits per heavy atom. The van der Waals surface area contributed by atoms with E-state index in [4.69, 9.17) is 0 Å². The fourth-order valence-corrected chi connectivity index (χ4v) is 38.6. The highest BCUT2D eigenvalue weighted by molar-refractivity contribution is 5.81. The Morgan fingerprint density at radius 3 is 1.01 bits per heavy atom. The number of halogens is 1. The molecule has 778 valence electrons. The summed E-state index contributed by atoms with van der Waals surface area (Å²) in [5.74, 6) is 9.30. The lowest BCUT2D eigenvalue weighted by Crippen LogP contribution is -2.65. The molecule has 19 heteroatoms. The SMILES string of the molecule is O=C(CN1CCC(Cc2ccccn2)CC1)NC12CC3CC(C1)CC(c1ccccc1)(C3)C2.O=C(CN1CCC(O)CC1)NC12CC3CC(C1)CC(c1ccccc1)(C3)C2.O=C(CN1CCCCC1)NC12CC3CC(C1)CC(c1ccc(F)cc1)(C3)C2.O=C(CN1CCN2CCCC2C1)NC12CC3CC(C1)CC(c1ccccc1)(C3)C2.O=C(CN1CCc2ccccc2C1)NC12CC3CC(C1)CC(c1ccccc1)(C3)C2. The van der Waals surface area contributed by atoms with Crippen LogP contribution in [-0.2, 0) is 70.4 Å². The average Bonchev–Trinajstić information content (AvgIpc) is 0.887. The molecule has 7 aromatic rings. The summed E-state index contributed by atoms with van der Waals surface area (Å²) >= 11 is 0. The zero-order valence-electron chi connectivity index (χ0n) is 87.5. The number of nitrogens with zero attached hydrogens (tertiary/aromatic N) is 7. The van der Waals surface area contributed by atoms with Crippen molar-refractivity contribution in [2.75, 3.05) is 105 Å². The third kappa shape index (κ3) is 21.5. The summed E-state index contributed by atoms with van der Waals surface area (Å²) in [5.41, 5.74) is 12.7. The van der Waals surface area contributed by atoms with Crippen LogP contribution < -0.4 is 26.6 Å². The van der Waals surface area contributed by atoms with E-state index in [1.807, 2.05) is 24.4 Å². The van der Waals surface area contributed by atoms with Gasteiger partial charge < -0.3 is 31.7 Å². The summed E-state index contributed by atoms with van der Waals surface area (Å²) in [6, 6.07) is 67.3. The fourth-order valence-electron chi connectivity index (χ4n) is 38.6. The Balaban J connectivity index is 0.0000000980. The Hall–Kier alpha value is -8.53. The van der Waals surface area contributed by atoms with Crippen LogP contribution >= 0.6 is 0 Å². The van der Waals surface area contributed by atoms with Crippen molar-refractivity contribution in [1.82, 2.24) is 61.0 Å². The number of likely N-dealkylation sites (tertiary alicyclic amines) is 3. The number of benzene rings is 6. The van der Waals surface area contributed by atoms with Crippen molar-refractivity contribution >= 4 is 29.5 Å². The van der Waals surface area contributed by atoms with E-state index in [-0.39, 0.29) is 90.8 Å². The number of carbonyl (C=O) groups is 5. The molecular weight excluding hydrogens is 1810 g/mol. The third-order valence-corrected chi connectivity index (χ3v) is 42.0. The standard InChI is InChI=1S/C29H37N3O.C27H32N2O.C25H35N3O.C23H31FN2O.C23H32N2O2/c33-27(20-32-12-9-22(10-13-32)15-26-8-4-5-11-30-26)31-29-18-23-14-24(19-29)17-28(16-23,21-29)25-6-2-1-3-7-25;30-25(18-29-11-10-22-6-4-5-7-23(22)17-29)28-27-15-20-12-21(16-27)14-26(13-20,19-27)24-8-2-1-3-9-24;29-23(17-27-9-10-28-8-4-7-22(28)16-27)26-25-14-19-11-20(15-25)13-24(12-19,18-25)21-5-2-1-3-6-21;24-20-6-4-19(5-7-20)22-11-17-10-18(12-22)14-23(13-17,16-22)25-21(27)15-26-8-2-1-3-9-26;26-20-6-8-25(9-7-20)15-21(27)24-23-13-17-10-18(14-23)12-22(11-17,16-23)19-4-2-1-3-5-19/h1-8,11,22-24H,9-10,12-21H2,(H,31,33);1-9,20-21H,10-19H2,(H,28,30);1-3,5-6,19-20,22H,4,7-18H2,(H,26,29);4-7,17-18H,1-3,8-16H2,(H,25,27);1-5,17-18,20,26H,6-16H2,(H,24,27). The van der Waals surface area contributed by atoms with Gasteiger partial charge in [0.2, 0.25) is 29.5 Å². The van der Waals surface area contributed by atoms with Gasteiger partial charge in [-0.05, 0) is 445 Å². The molecule has 33 rings (SSSR count). The second-order valence-corrected chi connectivity index (χ2v) is 53.2. The number of pyridine rings is 1. The molecule has 18 nitrogen and oxygen atoms in total. The van der Waals surface area contributed by atoms with Crippen molar-refractivity contribution in [1.29, 1.82) is 0 Å². The van der Waals surface area contributed by atoms with E-state index in [2.05, 4.69) is 219 Å². The normalized spacial score (nSPS) is 37.2. The number of carbonyl (C=O) groups excluding carboxylic acids is 5. The largest absolute Gasteiger partial charge is 0.393 e. The summed E-state index contributed by atoms with van der Waals surface area (Å²) in [6.45, 7) is 15.0. The molecule has 26 aliphatic rings. The number of piperazine rings is 1. The van der Waals surface area contributed by atoms with Gasteiger partial charge in [-0.3, -0.25) is 58.4 Å². The quantitative estimate of drug-likeness (QED) is 0.0375. The fraction of sp³-hybridized carbons (Fsp3) is 0.638. The number of nitrogens with one attached hydrogen (secondary N) is 5. The van der Waals surface area contributed by atoms with Gasteiger partial charge in [-0.25, -0.2) is 4.39 Å². The highest BCUT2D eigenvalue weighted by atomic mass is 19.1. The van der Waals surface area contributed by atoms with Gasteiger partial charge in [-0.2, -0.15) is 0 Å². The smallest absolute Gasteiger partial charge is 0.234 e. The van der Waals surface area contributed by atoms with Gasteiger partial charge >= 0.3 is 0 Å². The molecule has 146 heavy (non-hydrogen) atoms. The predicted molar refractivity (Wildman–Crippen MR) is 574 cm³/mol. The highest BCUT2D eigenvalue weighted by Crippen LogP contribution is 2.68. The number of hydrogen-bond donors (Lipinski definition) is 6. The first-order chi connectivity index (χ1) is 70.9. The average molecular weight is 1980 g/mol. The molecule has 1 aromatic heterocycles. The van der Waals surface area contributed by atoms with Gasteiger partial charge in [0.15, 0.2) is 0 Å². The molecule has 11 atom stereocenters. The Labute approximate surface area is 869 Å². The molecule has 0 radical (unpaired) electrons. The summed E-state index contributed by atoms with van der Waals surface area (Å²) in [5, 5.41) is 27.6. The lowest BCUT2D eigenvalue weighted by molar-refractivity contribution is -0.130. The minimum Gasteiger partial charge on any atom is -0.393 e. The van der Waals surface area contributed by atoms with Crippen molar-refractivity contribution in [2.24, 2.45) is 65.1 Å². The number of piperidine rings is 3. The van der Waals surface area contributed by atoms with Gasteiger partial charge in [-0.15, -0.1) is 0 Å². The number of rotatable bonds is 22. The number of amides is 5. The molecule has 6 aliphatic heterocycles. The maximum atomic E-state index is 13.5. The molecule has 25 fully saturated rings. The summed E-state index contributed by atoms with van der Waals surface area (Å²) in [4.78, 5) is 84.1. The first-order valence-corrected chi connectivity index (χ1v) is 58.5. The second kappa shape index (κ2) is 41.2. The van der Waals surface area contributed by atoms with Crippen LogP contribution in [0.15, 0.2) is 194 Å². The third-order valence-electron chi connectivity index (χ3n) is 42.0. The molecule has 5 saturated heterocycles. The van der Waals surface area contributed by atoms with Crippen LogP contribution in [0.2, 0.25) is 0 Å². The van der Waals surface area contributed by atoms with Crippen molar-refractivity contribution in [2.45, 2.75) is 337 Å². The lowest BCUT2D eigenvalue weighted by Gasteiger charge is -2.62. The van der Waals surface area contributed by atoms with E-state index in [1.54, 1.807) is 12.1 Å². The molecule has 0 spiro atoms. The first kappa shape index (κ1) is 99.4. The van der Waals surface area contributed by atoms with Gasteiger partial charge in [0.1, 0.15) is 5.82 Å². The minimum atomic E-state index is -0.182. The van der Waals surface area contributed by atoms with E-state index in [0.29, 0.717) is 61.9 Å². The maximum Gasteiger partial charge on any atom is 0.234 e. The molecule has 6 N–H and O–H groups in total. The van der Waals surface area contributed by atoms with Gasteiger partial charge in [0.25, 0.3) is 0 Å². The lowest BCUT2D eigenvalue weighted by atomic mass is 9.45. The molecule has 5 amide bonds. The van der Waals surface area contributed by atoms with Gasteiger partial charge in [-0.1, -0.05) is 170 Å². The molecule has 20 bridgehead atoms. The van der Waals surface area contributed by atoms with Crippen LogP contribution in [0, 0.1) is 70.9 Å². The van der Waals surface area contributed by atoms with Crippen molar-refractivity contribution < 1.29 is 33.5 Å². The zero-order valence-corrected chi connectivity index (χ0v) is 87.5. The van der Waals surface area contributed by atoms with Crippen LogP contribution in [0.1, 0.15) is 295 Å². The van der Waals surface area contributed by atoms with Gasteiger partial charge in [0, 0.05) is 91.4 Å². The van der Waals surface area contributed by atoms with Crippen LogP contribution in [0.3, 0.4) is 0 Å². The van der Waals surface area contributed by atoms with Crippen LogP contribution in [0.4, 0.5) is 4.39 Å². The number of hydrogen-bond acceptors (Lipinski definition) is 13. The zero-order chi connectivity index (χ0) is 98.9.